The van der Waals surface area contributed by atoms with E-state index in [2.05, 4.69) is 14.7 Å². The first-order valence-electron chi connectivity index (χ1n) is 6.04. The molecular weight excluding hydrogens is 342 g/mol. The van der Waals surface area contributed by atoms with E-state index < -0.39 is 20.0 Å². The number of nitrogens with one attached hydrogen (secondary N) is 1. The highest BCUT2D eigenvalue weighted by Crippen LogP contribution is 2.26. The summed E-state index contributed by atoms with van der Waals surface area (Å²) in [6, 6.07) is 10.5. The Morgan fingerprint density at radius 1 is 1.00 bits per heavy atom. The van der Waals surface area contributed by atoms with E-state index in [9.17, 15) is 16.8 Å². The first-order valence-corrected chi connectivity index (χ1v) is 9.07. The lowest BCUT2D eigenvalue weighted by Gasteiger charge is -2.10. The van der Waals surface area contributed by atoms with Crippen molar-refractivity contribution >= 4 is 31.4 Å². The summed E-state index contributed by atoms with van der Waals surface area (Å²) in [7, 11) is -7.87. The van der Waals surface area contributed by atoms with Crippen molar-refractivity contribution in [1.29, 1.82) is 0 Å². The van der Waals surface area contributed by atoms with Gasteiger partial charge in [-0.15, -0.1) is 0 Å². The van der Waals surface area contributed by atoms with Crippen molar-refractivity contribution in [3.63, 3.8) is 0 Å². The van der Waals surface area contributed by atoms with E-state index in [1.54, 1.807) is 0 Å². The first kappa shape index (κ1) is 16.8. The molecule has 0 radical (unpaired) electrons. The zero-order chi connectivity index (χ0) is 17.1. The molecule has 0 spiro atoms. The Kier molecular flexibility index (Phi) is 4.57. The van der Waals surface area contributed by atoms with Crippen molar-refractivity contribution in [2.75, 3.05) is 4.72 Å². The summed E-state index contributed by atoms with van der Waals surface area (Å²) in [4.78, 5) is 2.23. The average molecular weight is 353 g/mol. The molecule has 0 saturated heterocycles. The van der Waals surface area contributed by atoms with Gasteiger partial charge >= 0.3 is 0 Å². The van der Waals surface area contributed by atoms with Gasteiger partial charge in [-0.05, 0) is 35.9 Å². The SMILES string of the molecule is [N-]=[N+]=Nc1ccccc1S(=O)(=O)Nc1ccc(S(N)(=O)=O)cc1. The topological polar surface area (TPSA) is 155 Å². The highest BCUT2D eigenvalue weighted by molar-refractivity contribution is 7.93. The minimum absolute atomic E-state index is 0.0522. The molecule has 0 fully saturated rings. The third-order valence-corrected chi connectivity index (χ3v) is 5.10. The quantitative estimate of drug-likeness (QED) is 0.479. The van der Waals surface area contributed by atoms with Crippen LogP contribution < -0.4 is 9.86 Å². The summed E-state index contributed by atoms with van der Waals surface area (Å²) < 4.78 is 49.3. The largest absolute Gasteiger partial charge is 0.280 e. The minimum Gasteiger partial charge on any atom is -0.280 e. The zero-order valence-electron chi connectivity index (χ0n) is 11.5. The predicted molar refractivity (Wildman–Crippen MR) is 83.9 cm³/mol. The number of rotatable bonds is 5. The van der Waals surface area contributed by atoms with Crippen molar-refractivity contribution in [1.82, 2.24) is 0 Å². The number of azide groups is 1. The molecule has 0 aliphatic rings. The standard InChI is InChI=1S/C12H11N5O4S2/c13-17-15-11-3-1-2-4-12(11)23(20,21)16-9-5-7-10(8-6-9)22(14,18)19/h1-8,16H,(H2,14,18,19). The Morgan fingerprint density at radius 3 is 2.17 bits per heavy atom. The molecule has 2 aromatic carbocycles. The summed E-state index contributed by atoms with van der Waals surface area (Å²) >= 11 is 0. The second-order valence-corrected chi connectivity index (χ2v) is 7.54. The van der Waals surface area contributed by atoms with Crippen molar-refractivity contribution in [3.8, 4) is 0 Å². The minimum atomic E-state index is -4.01. The molecule has 2 aromatic rings. The molecule has 0 aromatic heterocycles. The van der Waals surface area contributed by atoms with E-state index in [1.807, 2.05) is 0 Å². The third-order valence-electron chi connectivity index (χ3n) is 2.74. The number of anilines is 1. The van der Waals surface area contributed by atoms with Crippen LogP contribution >= 0.6 is 0 Å². The van der Waals surface area contributed by atoms with Crippen LogP contribution in [0.4, 0.5) is 11.4 Å². The summed E-state index contributed by atoms with van der Waals surface area (Å²) in [5.74, 6) is 0. The smallest absolute Gasteiger partial charge is 0.262 e. The van der Waals surface area contributed by atoms with Gasteiger partial charge in [0.1, 0.15) is 0 Å². The van der Waals surface area contributed by atoms with Gasteiger partial charge in [0.15, 0.2) is 0 Å². The number of benzene rings is 2. The second kappa shape index (κ2) is 6.26. The highest BCUT2D eigenvalue weighted by Gasteiger charge is 2.18. The van der Waals surface area contributed by atoms with E-state index in [0.29, 0.717) is 0 Å². The van der Waals surface area contributed by atoms with E-state index in [0.717, 1.165) is 0 Å². The van der Waals surface area contributed by atoms with Crippen molar-refractivity contribution < 1.29 is 16.8 Å². The predicted octanol–water partition coefficient (Wildman–Crippen LogP) is 2.08. The molecule has 11 heteroatoms. The molecule has 2 rings (SSSR count). The van der Waals surface area contributed by atoms with Crippen LogP contribution in [0.1, 0.15) is 0 Å². The molecule has 0 aliphatic carbocycles. The van der Waals surface area contributed by atoms with Gasteiger partial charge in [0.05, 0.1) is 15.5 Å². The summed E-state index contributed by atoms with van der Waals surface area (Å²) in [6.07, 6.45) is 0. The monoisotopic (exact) mass is 353 g/mol. The van der Waals surface area contributed by atoms with E-state index in [-0.39, 0.29) is 21.2 Å². The van der Waals surface area contributed by atoms with Crippen LogP contribution in [0.15, 0.2) is 63.4 Å². The van der Waals surface area contributed by atoms with Crippen LogP contribution in [-0.2, 0) is 20.0 Å². The lowest BCUT2D eigenvalue weighted by molar-refractivity contribution is 0.597. The summed E-state index contributed by atoms with van der Waals surface area (Å²) in [5, 5.41) is 8.29. The normalized spacial score (nSPS) is 11.5. The number of nitrogens with two attached hydrogens (primary N) is 1. The van der Waals surface area contributed by atoms with Crippen LogP contribution in [0, 0.1) is 0 Å². The molecule has 0 saturated carbocycles. The van der Waals surface area contributed by atoms with E-state index in [1.165, 1.54) is 48.5 Å². The third kappa shape index (κ3) is 3.99. The maximum atomic E-state index is 12.3. The van der Waals surface area contributed by atoms with Gasteiger partial charge in [0.2, 0.25) is 10.0 Å². The molecule has 0 unspecified atom stereocenters. The number of hydrogen-bond donors (Lipinski definition) is 2. The molecule has 0 heterocycles. The Labute approximate surface area is 132 Å². The van der Waals surface area contributed by atoms with E-state index >= 15 is 0 Å². The highest BCUT2D eigenvalue weighted by atomic mass is 32.2. The second-order valence-electron chi connectivity index (χ2n) is 4.33. The maximum Gasteiger partial charge on any atom is 0.262 e. The van der Waals surface area contributed by atoms with Gasteiger partial charge in [-0.25, -0.2) is 22.0 Å². The molecule has 0 atom stereocenters. The number of sulfonamides is 2. The molecule has 0 amide bonds. The molecule has 23 heavy (non-hydrogen) atoms. The van der Waals surface area contributed by atoms with Gasteiger partial charge in [0.25, 0.3) is 10.0 Å². The van der Waals surface area contributed by atoms with Crippen molar-refractivity contribution in [3.05, 3.63) is 59.0 Å². The summed E-state index contributed by atoms with van der Waals surface area (Å²) in [6.45, 7) is 0. The van der Waals surface area contributed by atoms with Crippen LogP contribution in [0.5, 0.6) is 0 Å². The Balaban J connectivity index is 2.38. The van der Waals surface area contributed by atoms with Gasteiger partial charge in [-0.3, -0.25) is 4.72 Å². The summed E-state index contributed by atoms with van der Waals surface area (Å²) in [5.41, 5.74) is 8.56. The fourth-order valence-corrected chi connectivity index (χ4v) is 3.45. The lowest BCUT2D eigenvalue weighted by Crippen LogP contribution is -2.14. The van der Waals surface area contributed by atoms with Gasteiger partial charge in [0, 0.05) is 10.6 Å². The van der Waals surface area contributed by atoms with Crippen LogP contribution in [0.25, 0.3) is 10.4 Å². The number of hydrogen-bond acceptors (Lipinski definition) is 5. The fraction of sp³-hybridized carbons (Fsp3) is 0. The molecule has 0 bridgehead atoms. The van der Waals surface area contributed by atoms with Gasteiger partial charge < -0.3 is 0 Å². The zero-order valence-corrected chi connectivity index (χ0v) is 13.1. The van der Waals surface area contributed by atoms with Crippen molar-refractivity contribution in [2.24, 2.45) is 10.3 Å². The Bertz CT molecular complexity index is 978. The Hall–Kier alpha value is -2.59. The maximum absolute atomic E-state index is 12.3. The average Bonchev–Trinajstić information content (AvgIpc) is 2.47. The van der Waals surface area contributed by atoms with Gasteiger partial charge in [-0.2, -0.15) is 0 Å². The molecule has 9 nitrogen and oxygen atoms in total. The van der Waals surface area contributed by atoms with Crippen LogP contribution in [0.2, 0.25) is 0 Å². The first-order chi connectivity index (χ1) is 10.7. The number of primary sulfonamides is 1. The molecule has 120 valence electrons. The molecule has 3 N–H and O–H groups in total. The Morgan fingerprint density at radius 2 is 1.61 bits per heavy atom. The molecule has 0 aliphatic heterocycles. The van der Waals surface area contributed by atoms with Crippen LogP contribution in [-0.4, -0.2) is 16.8 Å². The van der Waals surface area contributed by atoms with Crippen molar-refractivity contribution in [2.45, 2.75) is 9.79 Å². The van der Waals surface area contributed by atoms with E-state index in [4.69, 9.17) is 10.7 Å². The number of nitrogens with zero attached hydrogens (tertiary/aromatic N) is 3. The van der Waals surface area contributed by atoms with Crippen LogP contribution in [0.3, 0.4) is 0 Å². The molecular formula is C12H11N5O4S2. The van der Waals surface area contributed by atoms with Gasteiger partial charge in [-0.1, -0.05) is 23.3 Å². The fourth-order valence-electron chi connectivity index (χ4n) is 1.74. The lowest BCUT2D eigenvalue weighted by atomic mass is 10.3.